The summed E-state index contributed by atoms with van der Waals surface area (Å²) in [5.41, 5.74) is 0. The standard InChI is InChI=1S/C9H15N3O5/c1-11-4-8(16)12(9(11)17)3-7(15)10-2-6(14)5-13/h6,13-14H,2-5H2,1H3,(H,10,15). The Hall–Kier alpha value is -1.67. The molecule has 96 valence electrons. The molecule has 0 radical (unpaired) electrons. The fourth-order valence-electron chi connectivity index (χ4n) is 1.32. The van der Waals surface area contributed by atoms with Gasteiger partial charge in [0.15, 0.2) is 0 Å². The molecule has 1 fully saturated rings. The van der Waals surface area contributed by atoms with E-state index in [0.717, 1.165) is 4.90 Å². The molecule has 0 saturated carbocycles. The number of carbonyl (C=O) groups is 3. The van der Waals surface area contributed by atoms with Gasteiger partial charge in [0, 0.05) is 13.6 Å². The summed E-state index contributed by atoms with van der Waals surface area (Å²) in [6, 6.07) is -0.521. The number of hydrogen-bond donors (Lipinski definition) is 3. The van der Waals surface area contributed by atoms with Crippen LogP contribution in [-0.2, 0) is 9.59 Å². The van der Waals surface area contributed by atoms with Crippen molar-refractivity contribution >= 4 is 17.8 Å². The van der Waals surface area contributed by atoms with Gasteiger partial charge in [0.1, 0.15) is 13.1 Å². The molecule has 1 aliphatic heterocycles. The molecule has 3 N–H and O–H groups in total. The van der Waals surface area contributed by atoms with E-state index in [2.05, 4.69) is 5.32 Å². The van der Waals surface area contributed by atoms with E-state index in [0.29, 0.717) is 0 Å². The maximum Gasteiger partial charge on any atom is 0.327 e. The highest BCUT2D eigenvalue weighted by molar-refractivity contribution is 6.04. The SMILES string of the molecule is CN1CC(=O)N(CC(=O)NCC(O)CO)C1=O. The van der Waals surface area contributed by atoms with E-state index in [9.17, 15) is 14.4 Å². The number of nitrogens with one attached hydrogen (secondary N) is 1. The molecular weight excluding hydrogens is 230 g/mol. The predicted octanol–water partition coefficient (Wildman–Crippen LogP) is -2.65. The Labute approximate surface area is 97.8 Å². The van der Waals surface area contributed by atoms with E-state index in [1.165, 1.54) is 11.9 Å². The summed E-state index contributed by atoms with van der Waals surface area (Å²) < 4.78 is 0. The molecule has 1 saturated heterocycles. The van der Waals surface area contributed by atoms with Crippen LogP contribution in [-0.4, -0.2) is 77.3 Å². The molecule has 0 bridgehead atoms. The Balaban J connectivity index is 2.41. The van der Waals surface area contributed by atoms with Gasteiger partial charge < -0.3 is 20.4 Å². The first-order chi connectivity index (χ1) is 7.95. The van der Waals surface area contributed by atoms with Gasteiger partial charge in [-0.25, -0.2) is 4.79 Å². The topological polar surface area (TPSA) is 110 Å². The third-order valence-electron chi connectivity index (χ3n) is 2.28. The summed E-state index contributed by atoms with van der Waals surface area (Å²) in [6.07, 6.45) is -1.05. The van der Waals surface area contributed by atoms with Crippen LogP contribution in [0.1, 0.15) is 0 Å². The molecule has 1 rings (SSSR count). The van der Waals surface area contributed by atoms with Gasteiger partial charge in [-0.2, -0.15) is 0 Å². The average molecular weight is 245 g/mol. The maximum absolute atomic E-state index is 11.4. The van der Waals surface area contributed by atoms with Crippen LogP contribution < -0.4 is 5.32 Å². The van der Waals surface area contributed by atoms with Crippen molar-refractivity contribution in [3.8, 4) is 0 Å². The lowest BCUT2D eigenvalue weighted by atomic mass is 10.3. The fraction of sp³-hybridized carbons (Fsp3) is 0.667. The van der Waals surface area contributed by atoms with Crippen LogP contribution in [0.5, 0.6) is 0 Å². The second-order valence-corrected chi connectivity index (χ2v) is 3.76. The minimum absolute atomic E-state index is 0.0363. The number of aliphatic hydroxyl groups is 2. The van der Waals surface area contributed by atoms with Gasteiger partial charge in [-0.05, 0) is 0 Å². The van der Waals surface area contributed by atoms with Crippen molar-refractivity contribution in [2.45, 2.75) is 6.10 Å². The highest BCUT2D eigenvalue weighted by Crippen LogP contribution is 2.06. The Morgan fingerprint density at radius 2 is 2.18 bits per heavy atom. The van der Waals surface area contributed by atoms with Crippen LogP contribution in [0, 0.1) is 0 Å². The van der Waals surface area contributed by atoms with E-state index in [1.54, 1.807) is 0 Å². The highest BCUT2D eigenvalue weighted by atomic mass is 16.3. The Morgan fingerprint density at radius 3 is 2.65 bits per heavy atom. The summed E-state index contributed by atoms with van der Waals surface area (Å²) in [5.74, 6) is -0.996. The van der Waals surface area contributed by atoms with Crippen LogP contribution in [0.15, 0.2) is 0 Å². The zero-order valence-electron chi connectivity index (χ0n) is 9.42. The molecule has 0 aromatic heterocycles. The molecule has 1 aliphatic rings. The monoisotopic (exact) mass is 245 g/mol. The van der Waals surface area contributed by atoms with Crippen LogP contribution in [0.25, 0.3) is 0 Å². The summed E-state index contributed by atoms with van der Waals surface area (Å²) in [4.78, 5) is 36.1. The number of aliphatic hydroxyl groups excluding tert-OH is 2. The number of hydrogen-bond acceptors (Lipinski definition) is 5. The number of imide groups is 1. The Kier molecular flexibility index (Phi) is 4.41. The quantitative estimate of drug-likeness (QED) is 0.458. The van der Waals surface area contributed by atoms with Gasteiger partial charge in [0.2, 0.25) is 5.91 Å². The van der Waals surface area contributed by atoms with Crippen LogP contribution in [0.3, 0.4) is 0 Å². The Morgan fingerprint density at radius 1 is 1.53 bits per heavy atom. The first-order valence-corrected chi connectivity index (χ1v) is 5.06. The zero-order chi connectivity index (χ0) is 13.0. The largest absolute Gasteiger partial charge is 0.394 e. The number of amides is 4. The number of rotatable bonds is 5. The van der Waals surface area contributed by atoms with Crippen molar-refractivity contribution in [3.05, 3.63) is 0 Å². The van der Waals surface area contributed by atoms with Crippen molar-refractivity contribution in [2.75, 3.05) is 33.3 Å². The third-order valence-corrected chi connectivity index (χ3v) is 2.28. The second-order valence-electron chi connectivity index (χ2n) is 3.76. The molecule has 1 unspecified atom stereocenters. The highest BCUT2D eigenvalue weighted by Gasteiger charge is 2.34. The molecule has 0 aliphatic carbocycles. The lowest BCUT2D eigenvalue weighted by Gasteiger charge is -2.14. The first kappa shape index (κ1) is 13.4. The molecule has 4 amide bonds. The van der Waals surface area contributed by atoms with Gasteiger partial charge >= 0.3 is 6.03 Å². The fourth-order valence-corrected chi connectivity index (χ4v) is 1.32. The smallest absolute Gasteiger partial charge is 0.327 e. The molecule has 8 heteroatoms. The number of nitrogens with zero attached hydrogens (tertiary/aromatic N) is 2. The molecular formula is C9H15N3O5. The first-order valence-electron chi connectivity index (χ1n) is 5.06. The van der Waals surface area contributed by atoms with Crippen molar-refractivity contribution < 1.29 is 24.6 Å². The normalized spacial score (nSPS) is 17.6. The number of carbonyl (C=O) groups excluding carboxylic acids is 3. The summed E-state index contributed by atoms with van der Waals surface area (Å²) >= 11 is 0. The number of urea groups is 1. The Bertz CT molecular complexity index is 333. The van der Waals surface area contributed by atoms with Gasteiger partial charge in [-0.3, -0.25) is 14.5 Å². The number of likely N-dealkylation sites (N-methyl/N-ethyl adjacent to an activating group) is 1. The van der Waals surface area contributed by atoms with Gasteiger partial charge in [-0.15, -0.1) is 0 Å². The van der Waals surface area contributed by atoms with E-state index in [1.807, 2.05) is 0 Å². The van der Waals surface area contributed by atoms with Crippen molar-refractivity contribution in [3.63, 3.8) is 0 Å². The molecule has 0 spiro atoms. The van der Waals surface area contributed by atoms with E-state index < -0.39 is 30.6 Å². The third kappa shape index (κ3) is 3.40. The molecule has 1 atom stereocenters. The average Bonchev–Trinajstić information content (AvgIpc) is 2.53. The van der Waals surface area contributed by atoms with Crippen LogP contribution >= 0.6 is 0 Å². The predicted molar refractivity (Wildman–Crippen MR) is 55.8 cm³/mol. The molecule has 17 heavy (non-hydrogen) atoms. The van der Waals surface area contributed by atoms with Gasteiger partial charge in [-0.1, -0.05) is 0 Å². The molecule has 8 nitrogen and oxygen atoms in total. The van der Waals surface area contributed by atoms with Gasteiger partial charge in [0.25, 0.3) is 5.91 Å². The summed E-state index contributed by atoms with van der Waals surface area (Å²) in [6.45, 7) is -1.00. The minimum Gasteiger partial charge on any atom is -0.394 e. The zero-order valence-corrected chi connectivity index (χ0v) is 9.42. The van der Waals surface area contributed by atoms with E-state index in [4.69, 9.17) is 10.2 Å². The van der Waals surface area contributed by atoms with Crippen molar-refractivity contribution in [1.82, 2.24) is 15.1 Å². The van der Waals surface area contributed by atoms with E-state index >= 15 is 0 Å². The maximum atomic E-state index is 11.4. The second kappa shape index (κ2) is 5.60. The molecule has 0 aromatic rings. The van der Waals surface area contributed by atoms with Crippen molar-refractivity contribution in [1.29, 1.82) is 0 Å². The molecule has 1 heterocycles. The van der Waals surface area contributed by atoms with E-state index in [-0.39, 0.29) is 19.6 Å². The van der Waals surface area contributed by atoms with Crippen molar-refractivity contribution in [2.24, 2.45) is 0 Å². The van der Waals surface area contributed by atoms with Gasteiger partial charge in [0.05, 0.1) is 12.7 Å². The summed E-state index contributed by atoms with van der Waals surface area (Å²) in [5, 5.41) is 19.8. The van der Waals surface area contributed by atoms with Crippen LogP contribution in [0.4, 0.5) is 4.79 Å². The minimum atomic E-state index is -1.05. The lowest BCUT2D eigenvalue weighted by Crippen LogP contribution is -2.43. The van der Waals surface area contributed by atoms with Crippen LogP contribution in [0.2, 0.25) is 0 Å². The lowest BCUT2D eigenvalue weighted by molar-refractivity contribution is -0.130. The molecule has 0 aromatic carbocycles. The summed E-state index contributed by atoms with van der Waals surface area (Å²) in [7, 11) is 1.47.